The number of ether oxygens (including phenoxy) is 2. The molecule has 15 heavy (non-hydrogen) atoms. The number of carbonyl (C=O) groups is 1. The van der Waals surface area contributed by atoms with Crippen LogP contribution in [0.1, 0.15) is 39.0 Å². The van der Waals surface area contributed by atoms with Gasteiger partial charge in [0, 0.05) is 12.6 Å². The molecule has 4 nitrogen and oxygen atoms in total. The summed E-state index contributed by atoms with van der Waals surface area (Å²) in [5.74, 6) is -0.210. The number of esters is 1. The second-order valence-electron chi connectivity index (χ2n) is 4.04. The summed E-state index contributed by atoms with van der Waals surface area (Å²) in [6.07, 6.45) is 4.48. The van der Waals surface area contributed by atoms with E-state index in [1.807, 2.05) is 6.92 Å². The summed E-state index contributed by atoms with van der Waals surface area (Å²) in [4.78, 5) is 11.3. The van der Waals surface area contributed by atoms with E-state index in [4.69, 9.17) is 15.2 Å². The first-order chi connectivity index (χ1) is 7.22. The first-order valence-electron chi connectivity index (χ1n) is 5.75. The molecular formula is C11H21NO3. The van der Waals surface area contributed by atoms with E-state index in [2.05, 4.69) is 0 Å². The predicted molar refractivity (Wildman–Crippen MR) is 57.4 cm³/mol. The van der Waals surface area contributed by atoms with E-state index in [1.54, 1.807) is 0 Å². The Kier molecular flexibility index (Phi) is 5.65. The lowest BCUT2D eigenvalue weighted by atomic mass is 10.1. The van der Waals surface area contributed by atoms with E-state index in [1.165, 1.54) is 0 Å². The summed E-state index contributed by atoms with van der Waals surface area (Å²) in [7, 11) is 0. The van der Waals surface area contributed by atoms with Gasteiger partial charge in [-0.05, 0) is 25.7 Å². The van der Waals surface area contributed by atoms with Crippen molar-refractivity contribution in [1.82, 2.24) is 0 Å². The average molecular weight is 215 g/mol. The third-order valence-electron chi connectivity index (χ3n) is 2.66. The van der Waals surface area contributed by atoms with Gasteiger partial charge >= 0.3 is 5.97 Å². The zero-order valence-electron chi connectivity index (χ0n) is 9.41. The minimum atomic E-state index is -0.210. The largest absolute Gasteiger partial charge is 0.463 e. The van der Waals surface area contributed by atoms with E-state index in [0.717, 1.165) is 32.3 Å². The van der Waals surface area contributed by atoms with Crippen molar-refractivity contribution in [2.24, 2.45) is 5.73 Å². The van der Waals surface area contributed by atoms with Crippen LogP contribution in [0.2, 0.25) is 0 Å². The Bertz CT molecular complexity index is 190. The molecule has 0 amide bonds. The Morgan fingerprint density at radius 2 is 2.40 bits per heavy atom. The highest BCUT2D eigenvalue weighted by Gasteiger charge is 2.16. The maximum Gasteiger partial charge on any atom is 0.307 e. The number of hydrogen-bond donors (Lipinski definition) is 1. The molecule has 1 aliphatic rings. The minimum absolute atomic E-state index is 0.0789. The smallest absolute Gasteiger partial charge is 0.307 e. The van der Waals surface area contributed by atoms with E-state index in [9.17, 15) is 4.79 Å². The number of carbonyl (C=O) groups excluding carboxylic acids is 1. The second-order valence-corrected chi connectivity index (χ2v) is 4.04. The molecule has 1 aliphatic heterocycles. The van der Waals surface area contributed by atoms with Crippen LogP contribution >= 0.6 is 0 Å². The van der Waals surface area contributed by atoms with Crippen molar-refractivity contribution in [2.75, 3.05) is 13.2 Å². The van der Waals surface area contributed by atoms with Gasteiger partial charge in [0.15, 0.2) is 0 Å². The maximum absolute atomic E-state index is 11.3. The lowest BCUT2D eigenvalue weighted by molar-refractivity contribution is -0.149. The lowest BCUT2D eigenvalue weighted by Crippen LogP contribution is -2.28. The quantitative estimate of drug-likeness (QED) is 0.701. The van der Waals surface area contributed by atoms with Gasteiger partial charge in [-0.25, -0.2) is 0 Å². The topological polar surface area (TPSA) is 61.6 Å². The van der Waals surface area contributed by atoms with E-state index in [0.29, 0.717) is 13.0 Å². The summed E-state index contributed by atoms with van der Waals surface area (Å²) in [6, 6.07) is -0.0789. The Labute approximate surface area is 91.1 Å². The van der Waals surface area contributed by atoms with Crippen molar-refractivity contribution in [1.29, 1.82) is 0 Å². The molecule has 0 radical (unpaired) electrons. The first-order valence-corrected chi connectivity index (χ1v) is 5.75. The fourth-order valence-electron chi connectivity index (χ4n) is 1.54. The molecule has 1 rings (SSSR count). The van der Waals surface area contributed by atoms with E-state index in [-0.39, 0.29) is 18.1 Å². The van der Waals surface area contributed by atoms with Gasteiger partial charge in [0.25, 0.3) is 0 Å². The Hall–Kier alpha value is -0.610. The van der Waals surface area contributed by atoms with Crippen molar-refractivity contribution < 1.29 is 14.3 Å². The number of nitrogens with two attached hydrogens (primary N) is 1. The first kappa shape index (κ1) is 12.5. The Morgan fingerprint density at radius 1 is 1.60 bits per heavy atom. The summed E-state index contributed by atoms with van der Waals surface area (Å²) in [6.45, 7) is 3.13. The van der Waals surface area contributed by atoms with Crippen molar-refractivity contribution >= 4 is 5.97 Å². The highest BCUT2D eigenvalue weighted by atomic mass is 16.6. The average Bonchev–Trinajstić information content (AvgIpc) is 2.27. The van der Waals surface area contributed by atoms with Crippen LogP contribution in [0.15, 0.2) is 0 Å². The van der Waals surface area contributed by atoms with Crippen LogP contribution in [0.25, 0.3) is 0 Å². The molecule has 1 saturated heterocycles. The van der Waals surface area contributed by atoms with Crippen LogP contribution in [0.4, 0.5) is 0 Å². The standard InChI is InChI=1S/C11H21NO3/c1-2-9(12)7-11(13)15-8-10-5-3-4-6-14-10/h9-10H,2-8,12H2,1H3. The van der Waals surface area contributed by atoms with E-state index < -0.39 is 0 Å². The van der Waals surface area contributed by atoms with Crippen LogP contribution in [0, 0.1) is 0 Å². The molecule has 0 aromatic heterocycles. The monoisotopic (exact) mass is 215 g/mol. The predicted octanol–water partition coefficient (Wildman–Crippen LogP) is 1.23. The van der Waals surface area contributed by atoms with Gasteiger partial charge < -0.3 is 15.2 Å². The molecule has 0 aliphatic carbocycles. The fourth-order valence-corrected chi connectivity index (χ4v) is 1.54. The van der Waals surface area contributed by atoms with Crippen molar-refractivity contribution in [3.05, 3.63) is 0 Å². The minimum Gasteiger partial charge on any atom is -0.463 e. The third-order valence-corrected chi connectivity index (χ3v) is 2.66. The summed E-state index contributed by atoms with van der Waals surface area (Å²) >= 11 is 0. The van der Waals surface area contributed by atoms with Gasteiger partial charge in [0.05, 0.1) is 12.5 Å². The molecule has 0 aromatic carbocycles. The SMILES string of the molecule is CCC(N)CC(=O)OCC1CCCCO1. The zero-order chi connectivity index (χ0) is 11.1. The van der Waals surface area contributed by atoms with Crippen LogP contribution in [0.3, 0.4) is 0 Å². The second kappa shape index (κ2) is 6.80. The normalized spacial score (nSPS) is 23.5. The summed E-state index contributed by atoms with van der Waals surface area (Å²) in [5, 5.41) is 0. The van der Waals surface area contributed by atoms with Crippen molar-refractivity contribution in [2.45, 2.75) is 51.2 Å². The summed E-state index contributed by atoms with van der Waals surface area (Å²) in [5.41, 5.74) is 5.65. The van der Waals surface area contributed by atoms with Crippen LogP contribution in [-0.4, -0.2) is 31.3 Å². The van der Waals surface area contributed by atoms with Gasteiger partial charge in [-0.3, -0.25) is 4.79 Å². The van der Waals surface area contributed by atoms with Crippen molar-refractivity contribution in [3.63, 3.8) is 0 Å². The zero-order valence-corrected chi connectivity index (χ0v) is 9.41. The van der Waals surface area contributed by atoms with Gasteiger partial charge in [0.2, 0.25) is 0 Å². The van der Waals surface area contributed by atoms with Crippen LogP contribution in [0.5, 0.6) is 0 Å². The highest BCUT2D eigenvalue weighted by Crippen LogP contribution is 2.13. The summed E-state index contributed by atoms with van der Waals surface area (Å²) < 4.78 is 10.6. The lowest BCUT2D eigenvalue weighted by Gasteiger charge is -2.22. The van der Waals surface area contributed by atoms with Gasteiger partial charge in [-0.2, -0.15) is 0 Å². The molecule has 1 fully saturated rings. The van der Waals surface area contributed by atoms with Gasteiger partial charge in [-0.15, -0.1) is 0 Å². The van der Waals surface area contributed by atoms with Gasteiger partial charge in [-0.1, -0.05) is 6.92 Å². The van der Waals surface area contributed by atoms with Gasteiger partial charge in [0.1, 0.15) is 6.61 Å². The Morgan fingerprint density at radius 3 is 3.00 bits per heavy atom. The molecular weight excluding hydrogens is 194 g/mol. The molecule has 0 saturated carbocycles. The molecule has 0 spiro atoms. The van der Waals surface area contributed by atoms with E-state index >= 15 is 0 Å². The molecule has 4 heteroatoms. The molecule has 0 bridgehead atoms. The molecule has 1 heterocycles. The number of rotatable bonds is 5. The van der Waals surface area contributed by atoms with Crippen LogP contribution in [-0.2, 0) is 14.3 Å². The fraction of sp³-hybridized carbons (Fsp3) is 0.909. The molecule has 0 aromatic rings. The molecule has 88 valence electrons. The highest BCUT2D eigenvalue weighted by molar-refractivity contribution is 5.70. The van der Waals surface area contributed by atoms with Crippen LogP contribution < -0.4 is 5.73 Å². The molecule has 2 unspecified atom stereocenters. The van der Waals surface area contributed by atoms with Crippen molar-refractivity contribution in [3.8, 4) is 0 Å². The Balaban J connectivity index is 2.10. The maximum atomic E-state index is 11.3. The number of hydrogen-bond acceptors (Lipinski definition) is 4. The third kappa shape index (κ3) is 5.14. The molecule has 2 N–H and O–H groups in total. The molecule has 2 atom stereocenters.